The van der Waals surface area contributed by atoms with Gasteiger partial charge in [0.25, 0.3) is 10.0 Å². The van der Waals surface area contributed by atoms with Crippen LogP contribution in [0, 0.1) is 13.8 Å². The molecule has 1 aromatic heterocycles. The zero-order valence-corrected chi connectivity index (χ0v) is 14.1. The van der Waals surface area contributed by atoms with E-state index in [2.05, 4.69) is 10.0 Å². The van der Waals surface area contributed by atoms with Gasteiger partial charge in [0, 0.05) is 22.5 Å². The highest BCUT2D eigenvalue weighted by atomic mass is 32.2. The number of thiophene rings is 1. The normalized spacial score (nSPS) is 11.6. The van der Waals surface area contributed by atoms with Gasteiger partial charge in [-0.15, -0.1) is 11.3 Å². The van der Waals surface area contributed by atoms with E-state index in [1.54, 1.807) is 11.4 Å². The second-order valence-electron chi connectivity index (χ2n) is 5.01. The van der Waals surface area contributed by atoms with Gasteiger partial charge in [-0.1, -0.05) is 13.0 Å². The average molecular weight is 324 g/mol. The summed E-state index contributed by atoms with van der Waals surface area (Å²) in [6.45, 7) is 7.47. The first-order chi connectivity index (χ1) is 9.90. The van der Waals surface area contributed by atoms with Gasteiger partial charge >= 0.3 is 0 Å². The molecular formula is C15H20N2O2S2. The predicted octanol–water partition coefficient (Wildman–Crippen LogP) is 3.28. The molecule has 0 spiro atoms. The van der Waals surface area contributed by atoms with Crippen LogP contribution in [0.3, 0.4) is 0 Å². The standard InChI is InChI=1S/C15H20N2O2S2/c1-4-16-9-14-8-15(10-20-14)21(18,19)17-13-6-11(2)5-12(3)7-13/h5-8,10,16-17H,4,9H2,1-3H3. The molecule has 0 saturated carbocycles. The molecule has 0 radical (unpaired) electrons. The Hall–Kier alpha value is -1.37. The first kappa shape index (κ1) is 16.0. The third-order valence-corrected chi connectivity index (χ3v) is 5.41. The second-order valence-corrected chi connectivity index (χ2v) is 7.69. The summed E-state index contributed by atoms with van der Waals surface area (Å²) in [6.07, 6.45) is 0. The molecule has 114 valence electrons. The van der Waals surface area contributed by atoms with Crippen molar-refractivity contribution in [2.24, 2.45) is 0 Å². The average Bonchev–Trinajstić information content (AvgIpc) is 2.84. The summed E-state index contributed by atoms with van der Waals surface area (Å²) < 4.78 is 27.4. The van der Waals surface area contributed by atoms with Gasteiger partial charge in [-0.2, -0.15) is 0 Å². The Balaban J connectivity index is 2.19. The number of hydrogen-bond acceptors (Lipinski definition) is 4. The Bertz CT molecular complexity index is 701. The molecule has 4 nitrogen and oxygen atoms in total. The van der Waals surface area contributed by atoms with Gasteiger partial charge in [-0.05, 0) is 49.7 Å². The molecule has 0 atom stereocenters. The first-order valence-electron chi connectivity index (χ1n) is 6.80. The highest BCUT2D eigenvalue weighted by Crippen LogP contribution is 2.23. The largest absolute Gasteiger partial charge is 0.312 e. The van der Waals surface area contributed by atoms with E-state index in [-0.39, 0.29) is 0 Å². The minimum Gasteiger partial charge on any atom is -0.312 e. The monoisotopic (exact) mass is 324 g/mol. The molecule has 0 amide bonds. The number of aryl methyl sites for hydroxylation is 2. The summed E-state index contributed by atoms with van der Waals surface area (Å²) in [5.41, 5.74) is 2.67. The minimum absolute atomic E-state index is 0.319. The molecule has 21 heavy (non-hydrogen) atoms. The molecule has 0 aliphatic rings. The number of sulfonamides is 1. The summed E-state index contributed by atoms with van der Waals surface area (Å²) in [5, 5.41) is 4.87. The molecular weight excluding hydrogens is 304 g/mol. The Morgan fingerprint density at radius 2 is 1.76 bits per heavy atom. The van der Waals surface area contributed by atoms with Crippen LogP contribution in [0.15, 0.2) is 34.5 Å². The Kier molecular flexibility index (Phi) is 5.03. The van der Waals surface area contributed by atoms with Crippen LogP contribution in [-0.2, 0) is 16.6 Å². The lowest BCUT2D eigenvalue weighted by Gasteiger charge is -2.08. The van der Waals surface area contributed by atoms with Crippen LogP contribution in [-0.4, -0.2) is 15.0 Å². The third-order valence-electron chi connectivity index (χ3n) is 2.96. The van der Waals surface area contributed by atoms with Crippen molar-refractivity contribution in [3.05, 3.63) is 45.6 Å². The molecule has 2 aromatic rings. The maximum absolute atomic E-state index is 12.4. The molecule has 0 bridgehead atoms. The lowest BCUT2D eigenvalue weighted by Crippen LogP contribution is -2.13. The number of anilines is 1. The van der Waals surface area contributed by atoms with Crippen molar-refractivity contribution in [1.82, 2.24) is 5.32 Å². The minimum atomic E-state index is -3.52. The zero-order chi connectivity index (χ0) is 15.5. The van der Waals surface area contributed by atoms with Gasteiger partial charge < -0.3 is 5.32 Å². The molecule has 1 heterocycles. The first-order valence-corrected chi connectivity index (χ1v) is 9.16. The Morgan fingerprint density at radius 3 is 2.38 bits per heavy atom. The fourth-order valence-corrected chi connectivity index (χ4v) is 4.38. The van der Waals surface area contributed by atoms with Crippen LogP contribution in [0.5, 0.6) is 0 Å². The van der Waals surface area contributed by atoms with Crippen LogP contribution >= 0.6 is 11.3 Å². The van der Waals surface area contributed by atoms with Gasteiger partial charge in [0.2, 0.25) is 0 Å². The van der Waals surface area contributed by atoms with E-state index >= 15 is 0 Å². The summed E-state index contributed by atoms with van der Waals surface area (Å²) >= 11 is 1.45. The molecule has 1 aromatic carbocycles. The summed E-state index contributed by atoms with van der Waals surface area (Å²) in [5.74, 6) is 0. The van der Waals surface area contributed by atoms with Crippen molar-refractivity contribution in [3.8, 4) is 0 Å². The number of hydrogen-bond donors (Lipinski definition) is 2. The van der Waals surface area contributed by atoms with Crippen molar-refractivity contribution in [2.45, 2.75) is 32.2 Å². The van der Waals surface area contributed by atoms with Gasteiger partial charge in [0.05, 0.1) is 4.90 Å². The highest BCUT2D eigenvalue weighted by molar-refractivity contribution is 7.92. The van der Waals surface area contributed by atoms with Crippen LogP contribution in [0.4, 0.5) is 5.69 Å². The summed E-state index contributed by atoms with van der Waals surface area (Å²) in [4.78, 5) is 1.33. The predicted molar refractivity (Wildman–Crippen MR) is 88.4 cm³/mol. The molecule has 2 rings (SSSR count). The highest BCUT2D eigenvalue weighted by Gasteiger charge is 2.16. The van der Waals surface area contributed by atoms with Gasteiger partial charge in [0.15, 0.2) is 0 Å². The van der Waals surface area contributed by atoms with Gasteiger partial charge in [-0.3, -0.25) is 4.72 Å². The maximum atomic E-state index is 12.4. The SMILES string of the molecule is CCNCc1cc(S(=O)(=O)Nc2cc(C)cc(C)c2)cs1. The number of benzene rings is 1. The summed E-state index contributed by atoms with van der Waals surface area (Å²) in [6, 6.07) is 7.39. The number of nitrogens with one attached hydrogen (secondary N) is 2. The zero-order valence-electron chi connectivity index (χ0n) is 12.4. The topological polar surface area (TPSA) is 58.2 Å². The van der Waals surface area contributed by atoms with E-state index in [4.69, 9.17) is 0 Å². The van der Waals surface area contributed by atoms with Crippen LogP contribution in [0.1, 0.15) is 22.9 Å². The lowest BCUT2D eigenvalue weighted by molar-refractivity contribution is 0.601. The fraction of sp³-hybridized carbons (Fsp3) is 0.333. The van der Waals surface area contributed by atoms with Crippen molar-refractivity contribution in [1.29, 1.82) is 0 Å². The molecule has 0 aliphatic carbocycles. The number of rotatable bonds is 6. The van der Waals surface area contributed by atoms with E-state index in [1.165, 1.54) is 11.3 Å². The Labute approximate surface area is 130 Å². The molecule has 0 unspecified atom stereocenters. The molecule has 0 aliphatic heterocycles. The fourth-order valence-electron chi connectivity index (χ4n) is 2.09. The van der Waals surface area contributed by atoms with Crippen molar-refractivity contribution in [3.63, 3.8) is 0 Å². The second kappa shape index (κ2) is 6.60. The van der Waals surface area contributed by atoms with E-state index in [9.17, 15) is 8.42 Å². The molecule has 0 fully saturated rings. The smallest absolute Gasteiger partial charge is 0.262 e. The maximum Gasteiger partial charge on any atom is 0.262 e. The van der Waals surface area contributed by atoms with Crippen LogP contribution < -0.4 is 10.0 Å². The Morgan fingerprint density at radius 1 is 1.10 bits per heavy atom. The lowest BCUT2D eigenvalue weighted by atomic mass is 10.1. The van der Waals surface area contributed by atoms with Crippen LogP contribution in [0.25, 0.3) is 0 Å². The van der Waals surface area contributed by atoms with E-state index < -0.39 is 10.0 Å². The van der Waals surface area contributed by atoms with Gasteiger partial charge in [-0.25, -0.2) is 8.42 Å². The quantitative estimate of drug-likeness (QED) is 0.857. The van der Waals surface area contributed by atoms with E-state index in [0.29, 0.717) is 17.1 Å². The van der Waals surface area contributed by atoms with Crippen molar-refractivity contribution < 1.29 is 8.42 Å². The van der Waals surface area contributed by atoms with E-state index in [1.807, 2.05) is 39.0 Å². The van der Waals surface area contributed by atoms with Crippen LogP contribution in [0.2, 0.25) is 0 Å². The van der Waals surface area contributed by atoms with Crippen molar-refractivity contribution in [2.75, 3.05) is 11.3 Å². The molecule has 2 N–H and O–H groups in total. The van der Waals surface area contributed by atoms with Crippen molar-refractivity contribution >= 4 is 27.0 Å². The van der Waals surface area contributed by atoms with E-state index in [0.717, 1.165) is 22.5 Å². The molecule has 0 saturated heterocycles. The summed E-state index contributed by atoms with van der Waals surface area (Å²) in [7, 11) is -3.52. The molecule has 6 heteroatoms. The third kappa shape index (κ3) is 4.30. The van der Waals surface area contributed by atoms with Gasteiger partial charge in [0.1, 0.15) is 0 Å².